The molecule has 0 aliphatic carbocycles. The summed E-state index contributed by atoms with van der Waals surface area (Å²) in [6.07, 6.45) is 0. The number of carbonyl (C=O) groups is 1. The van der Waals surface area contributed by atoms with Crippen molar-refractivity contribution < 1.29 is 18.3 Å². The molecule has 7 heteroatoms. The number of carboxylic acid groups (broad SMARTS) is 1. The molecule has 0 saturated carbocycles. The molecule has 6 nitrogen and oxygen atoms in total. The summed E-state index contributed by atoms with van der Waals surface area (Å²) >= 11 is 0. The molecule has 0 aromatic heterocycles. The smallest absolute Gasteiger partial charge is 0.320 e. The van der Waals surface area contributed by atoms with Crippen molar-refractivity contribution in [2.75, 3.05) is 12.3 Å². The number of nitrogens with zero attached hydrogens (tertiary/aromatic N) is 2. The van der Waals surface area contributed by atoms with Crippen LogP contribution in [-0.2, 0) is 21.4 Å². The molecule has 0 amide bonds. The summed E-state index contributed by atoms with van der Waals surface area (Å²) in [6.45, 7) is -0.380. The Bertz CT molecular complexity index is 548. The molecular weight excluding hydrogens is 256 g/mol. The standard InChI is InChI=1S/C11H12N2O4S/c12-6-7-13(18(16,17)9-11(14)15)8-10-4-2-1-3-5-10/h1-5H,7-9H2,(H,14,15). The van der Waals surface area contributed by atoms with Gasteiger partial charge in [0.25, 0.3) is 0 Å². The van der Waals surface area contributed by atoms with Gasteiger partial charge in [-0.3, -0.25) is 4.79 Å². The van der Waals surface area contributed by atoms with Crippen molar-refractivity contribution in [1.82, 2.24) is 4.31 Å². The highest BCUT2D eigenvalue weighted by molar-refractivity contribution is 7.89. The number of hydrogen-bond donors (Lipinski definition) is 1. The molecule has 1 aromatic carbocycles. The summed E-state index contributed by atoms with van der Waals surface area (Å²) in [5.41, 5.74) is 0.696. The Hall–Kier alpha value is -1.91. The molecule has 0 fully saturated rings. The van der Waals surface area contributed by atoms with Gasteiger partial charge in [-0.1, -0.05) is 30.3 Å². The lowest BCUT2D eigenvalue weighted by Crippen LogP contribution is -2.35. The van der Waals surface area contributed by atoms with E-state index >= 15 is 0 Å². The molecule has 0 saturated heterocycles. The number of nitriles is 1. The molecule has 18 heavy (non-hydrogen) atoms. The number of aliphatic carboxylic acids is 1. The van der Waals surface area contributed by atoms with E-state index in [0.717, 1.165) is 4.31 Å². The molecule has 96 valence electrons. The molecule has 1 rings (SSSR count). The lowest BCUT2D eigenvalue weighted by molar-refractivity contribution is -0.134. The third kappa shape index (κ3) is 4.16. The van der Waals surface area contributed by atoms with Gasteiger partial charge in [0.2, 0.25) is 10.0 Å². The third-order valence-corrected chi connectivity index (χ3v) is 3.80. The molecule has 0 aliphatic heterocycles. The first-order valence-electron chi connectivity index (χ1n) is 5.06. The second-order valence-corrected chi connectivity index (χ2v) is 5.53. The average Bonchev–Trinajstić information content (AvgIpc) is 2.28. The minimum atomic E-state index is -3.97. The van der Waals surface area contributed by atoms with Crippen molar-refractivity contribution in [3.05, 3.63) is 35.9 Å². The minimum absolute atomic E-state index is 0.00991. The summed E-state index contributed by atoms with van der Waals surface area (Å²) in [4.78, 5) is 10.5. The summed E-state index contributed by atoms with van der Waals surface area (Å²) in [5.74, 6) is -2.45. The predicted molar refractivity (Wildman–Crippen MR) is 63.9 cm³/mol. The zero-order valence-electron chi connectivity index (χ0n) is 9.48. The van der Waals surface area contributed by atoms with Gasteiger partial charge in [0.1, 0.15) is 6.54 Å². The Morgan fingerprint density at radius 2 is 1.94 bits per heavy atom. The van der Waals surface area contributed by atoms with E-state index in [1.54, 1.807) is 36.4 Å². The van der Waals surface area contributed by atoms with Gasteiger partial charge in [-0.25, -0.2) is 8.42 Å². The summed E-state index contributed by atoms with van der Waals surface area (Å²) < 4.78 is 24.3. The lowest BCUT2D eigenvalue weighted by atomic mass is 10.2. The topological polar surface area (TPSA) is 98.5 Å². The van der Waals surface area contributed by atoms with E-state index in [1.807, 2.05) is 0 Å². The van der Waals surface area contributed by atoms with Crippen LogP contribution in [0.1, 0.15) is 5.56 Å². The van der Waals surface area contributed by atoms with Gasteiger partial charge in [-0.2, -0.15) is 9.57 Å². The third-order valence-electron chi connectivity index (χ3n) is 2.15. The highest BCUT2D eigenvalue weighted by Gasteiger charge is 2.25. The zero-order valence-corrected chi connectivity index (χ0v) is 10.3. The Morgan fingerprint density at radius 3 is 2.44 bits per heavy atom. The zero-order chi connectivity index (χ0) is 13.6. The maximum Gasteiger partial charge on any atom is 0.320 e. The number of carboxylic acids is 1. The molecule has 0 radical (unpaired) electrons. The molecule has 0 aliphatic rings. The molecule has 0 unspecified atom stereocenters. The van der Waals surface area contributed by atoms with Crippen LogP contribution in [-0.4, -0.2) is 36.1 Å². The molecule has 1 aromatic rings. The first-order valence-corrected chi connectivity index (χ1v) is 6.67. The monoisotopic (exact) mass is 268 g/mol. The molecule has 0 heterocycles. The minimum Gasteiger partial charge on any atom is -0.480 e. The van der Waals surface area contributed by atoms with E-state index in [9.17, 15) is 13.2 Å². The summed E-state index contributed by atoms with van der Waals surface area (Å²) in [5, 5.41) is 17.2. The number of sulfonamides is 1. The van der Waals surface area contributed by atoms with Crippen LogP contribution in [0.3, 0.4) is 0 Å². The van der Waals surface area contributed by atoms with E-state index < -0.39 is 21.7 Å². The number of rotatable bonds is 6. The van der Waals surface area contributed by atoms with Gasteiger partial charge in [0.15, 0.2) is 5.75 Å². The van der Waals surface area contributed by atoms with Gasteiger partial charge < -0.3 is 5.11 Å². The van der Waals surface area contributed by atoms with Crippen molar-refractivity contribution in [3.63, 3.8) is 0 Å². The Morgan fingerprint density at radius 1 is 1.33 bits per heavy atom. The highest BCUT2D eigenvalue weighted by atomic mass is 32.2. The second-order valence-electron chi connectivity index (χ2n) is 3.56. The second kappa shape index (κ2) is 6.14. The van der Waals surface area contributed by atoms with Crippen molar-refractivity contribution in [3.8, 4) is 6.07 Å². The molecule has 0 bridgehead atoms. The van der Waals surface area contributed by atoms with Crippen LogP contribution in [0.4, 0.5) is 0 Å². The first-order chi connectivity index (χ1) is 8.45. The van der Waals surface area contributed by atoms with Crippen LogP contribution in [0.2, 0.25) is 0 Å². The maximum atomic E-state index is 11.7. The van der Waals surface area contributed by atoms with Crippen molar-refractivity contribution in [1.29, 1.82) is 5.26 Å². The molecular formula is C11H12N2O4S. The largest absolute Gasteiger partial charge is 0.480 e. The predicted octanol–water partition coefficient (Wildman–Crippen LogP) is 0.427. The fourth-order valence-corrected chi connectivity index (χ4v) is 2.46. The van der Waals surface area contributed by atoms with E-state index in [2.05, 4.69) is 0 Å². The quantitative estimate of drug-likeness (QED) is 0.754. The lowest BCUT2D eigenvalue weighted by Gasteiger charge is -2.18. The van der Waals surface area contributed by atoms with Crippen molar-refractivity contribution in [2.24, 2.45) is 0 Å². The Kier molecular flexibility index (Phi) is 4.83. The van der Waals surface area contributed by atoms with Crippen LogP contribution in [0.15, 0.2) is 30.3 Å². The highest BCUT2D eigenvalue weighted by Crippen LogP contribution is 2.09. The summed E-state index contributed by atoms with van der Waals surface area (Å²) in [7, 11) is -3.97. The number of hydrogen-bond acceptors (Lipinski definition) is 4. The Balaban J connectivity index is 2.90. The van der Waals surface area contributed by atoms with Crippen molar-refractivity contribution in [2.45, 2.75) is 6.54 Å². The van der Waals surface area contributed by atoms with Crippen LogP contribution in [0, 0.1) is 11.3 Å². The average molecular weight is 268 g/mol. The Labute approximate surface area is 105 Å². The van der Waals surface area contributed by atoms with Crippen LogP contribution in [0.25, 0.3) is 0 Å². The van der Waals surface area contributed by atoms with E-state index in [-0.39, 0.29) is 13.1 Å². The molecule has 0 atom stereocenters. The van der Waals surface area contributed by atoms with Crippen LogP contribution >= 0.6 is 0 Å². The van der Waals surface area contributed by atoms with E-state index in [1.165, 1.54) is 0 Å². The fourth-order valence-electron chi connectivity index (χ4n) is 1.37. The van der Waals surface area contributed by atoms with Gasteiger partial charge in [-0.15, -0.1) is 0 Å². The van der Waals surface area contributed by atoms with Gasteiger partial charge >= 0.3 is 5.97 Å². The molecule has 0 spiro atoms. The van der Waals surface area contributed by atoms with Crippen molar-refractivity contribution >= 4 is 16.0 Å². The SMILES string of the molecule is N#CCN(Cc1ccccc1)S(=O)(=O)CC(=O)O. The molecule has 1 N–H and O–H groups in total. The fraction of sp³-hybridized carbons (Fsp3) is 0.273. The van der Waals surface area contributed by atoms with Gasteiger partial charge in [0, 0.05) is 6.54 Å². The van der Waals surface area contributed by atoms with Crippen LogP contribution < -0.4 is 0 Å². The number of benzene rings is 1. The van der Waals surface area contributed by atoms with Gasteiger partial charge in [-0.05, 0) is 5.56 Å². The summed E-state index contributed by atoms with van der Waals surface area (Å²) in [6, 6.07) is 10.4. The van der Waals surface area contributed by atoms with Gasteiger partial charge in [0.05, 0.1) is 6.07 Å². The normalized spacial score (nSPS) is 11.1. The first kappa shape index (κ1) is 14.2. The maximum absolute atomic E-state index is 11.7. The van der Waals surface area contributed by atoms with E-state index in [4.69, 9.17) is 10.4 Å². The van der Waals surface area contributed by atoms with E-state index in [0.29, 0.717) is 5.56 Å². The van der Waals surface area contributed by atoms with Crippen LogP contribution in [0.5, 0.6) is 0 Å².